The topological polar surface area (TPSA) is 100 Å². The van der Waals surface area contributed by atoms with Crippen LogP contribution in [0.1, 0.15) is 47.1 Å². The van der Waals surface area contributed by atoms with Gasteiger partial charge in [-0.2, -0.15) is 5.26 Å². The van der Waals surface area contributed by atoms with Crippen molar-refractivity contribution in [1.29, 1.82) is 5.26 Å². The predicted octanol–water partition coefficient (Wildman–Crippen LogP) is 2.91. The van der Waals surface area contributed by atoms with Crippen molar-refractivity contribution in [2.24, 2.45) is 0 Å². The summed E-state index contributed by atoms with van der Waals surface area (Å²) in [6, 6.07) is 9.18. The Morgan fingerprint density at radius 1 is 1.31 bits per heavy atom. The van der Waals surface area contributed by atoms with Gasteiger partial charge in [-0.15, -0.1) is 0 Å². The molecule has 0 fully saturated rings. The molecule has 0 amide bonds. The van der Waals surface area contributed by atoms with Crippen LogP contribution < -0.4 is 0 Å². The normalized spacial score (nSPS) is 10.2. The number of aromatic hydroxyl groups is 1. The van der Waals surface area contributed by atoms with Gasteiger partial charge >= 0.3 is 5.97 Å². The number of nitriles is 1. The molecule has 1 aromatic carbocycles. The Labute approximate surface area is 149 Å². The van der Waals surface area contributed by atoms with Crippen molar-refractivity contribution in [2.75, 3.05) is 6.61 Å². The van der Waals surface area contributed by atoms with E-state index < -0.39 is 23.3 Å². The van der Waals surface area contributed by atoms with E-state index in [0.717, 1.165) is 0 Å². The predicted molar refractivity (Wildman–Crippen MR) is 90.0 cm³/mol. The van der Waals surface area contributed by atoms with Crippen LogP contribution in [-0.4, -0.2) is 28.4 Å². The molecule has 0 radical (unpaired) electrons. The number of carbonyl (C=O) groups excluding carboxylic acids is 2. The molecule has 1 heterocycles. The Bertz CT molecular complexity index is 874. The van der Waals surface area contributed by atoms with Gasteiger partial charge in [-0.05, 0) is 24.6 Å². The lowest BCUT2D eigenvalue weighted by Crippen LogP contribution is -2.11. The summed E-state index contributed by atoms with van der Waals surface area (Å²) < 4.78 is 18.6. The molecule has 7 heteroatoms. The van der Waals surface area contributed by atoms with Crippen molar-refractivity contribution < 1.29 is 23.8 Å². The van der Waals surface area contributed by atoms with Crippen molar-refractivity contribution in [3.8, 4) is 11.8 Å². The Kier molecular flexibility index (Phi) is 6.39. The van der Waals surface area contributed by atoms with Crippen molar-refractivity contribution in [3.63, 3.8) is 0 Å². The summed E-state index contributed by atoms with van der Waals surface area (Å²) in [6.45, 7) is 1.85. The summed E-state index contributed by atoms with van der Waals surface area (Å²) >= 11 is 0. The lowest BCUT2D eigenvalue weighted by molar-refractivity contribution is -0.143. The van der Waals surface area contributed by atoms with Gasteiger partial charge < -0.3 is 9.84 Å². The zero-order chi connectivity index (χ0) is 19.1. The molecule has 2 aromatic rings. The van der Waals surface area contributed by atoms with Crippen LogP contribution in [0.3, 0.4) is 0 Å². The summed E-state index contributed by atoms with van der Waals surface area (Å²) in [5.74, 6) is -2.11. The highest BCUT2D eigenvalue weighted by molar-refractivity contribution is 5.98. The molecule has 1 N–H and O–H groups in total. The first-order chi connectivity index (χ1) is 12.5. The lowest BCUT2D eigenvalue weighted by atomic mass is 10.0. The molecule has 0 saturated heterocycles. The van der Waals surface area contributed by atoms with E-state index in [1.165, 1.54) is 12.1 Å². The minimum absolute atomic E-state index is 0.0553. The van der Waals surface area contributed by atoms with Gasteiger partial charge in [-0.3, -0.25) is 9.59 Å². The summed E-state index contributed by atoms with van der Waals surface area (Å²) in [5.41, 5.74) is 0.175. The smallest absolute Gasteiger partial charge is 0.306 e. The molecule has 1 aromatic heterocycles. The van der Waals surface area contributed by atoms with Crippen LogP contribution in [0.2, 0.25) is 0 Å². The molecule has 26 heavy (non-hydrogen) atoms. The van der Waals surface area contributed by atoms with E-state index in [1.807, 2.05) is 0 Å². The zero-order valence-electron chi connectivity index (χ0n) is 14.2. The number of rotatable bonds is 7. The van der Waals surface area contributed by atoms with Crippen molar-refractivity contribution in [3.05, 3.63) is 58.7 Å². The van der Waals surface area contributed by atoms with Crippen molar-refractivity contribution in [1.82, 2.24) is 4.98 Å². The standard InChI is InChI=1S/C19H17FN2O4/c1-2-26-17(24)8-7-16(23)18-19(25)13(11-21)10-14(22-18)9-12-5-3-4-6-15(12)20/h3-6,10,25H,2,7-9H2,1H3. The van der Waals surface area contributed by atoms with E-state index >= 15 is 0 Å². The summed E-state index contributed by atoms with van der Waals surface area (Å²) in [6.07, 6.45) is -0.319. The highest BCUT2D eigenvalue weighted by atomic mass is 19.1. The van der Waals surface area contributed by atoms with Crippen LogP contribution in [0.4, 0.5) is 4.39 Å². The van der Waals surface area contributed by atoms with E-state index in [2.05, 4.69) is 4.98 Å². The first-order valence-corrected chi connectivity index (χ1v) is 8.01. The number of benzene rings is 1. The van der Waals surface area contributed by atoms with Crippen molar-refractivity contribution in [2.45, 2.75) is 26.2 Å². The maximum atomic E-state index is 13.8. The van der Waals surface area contributed by atoms with E-state index in [9.17, 15) is 19.1 Å². The minimum atomic E-state index is -0.595. The molecule has 0 saturated carbocycles. The van der Waals surface area contributed by atoms with Crippen LogP contribution in [0.15, 0.2) is 30.3 Å². The molecule has 0 aliphatic carbocycles. The molecule has 0 unspecified atom stereocenters. The second-order valence-electron chi connectivity index (χ2n) is 5.47. The average molecular weight is 356 g/mol. The minimum Gasteiger partial charge on any atom is -0.504 e. The number of nitrogens with zero attached hydrogens (tertiary/aromatic N) is 2. The number of esters is 1. The van der Waals surface area contributed by atoms with Gasteiger partial charge in [0.2, 0.25) is 0 Å². The first-order valence-electron chi connectivity index (χ1n) is 8.01. The Morgan fingerprint density at radius 2 is 2.04 bits per heavy atom. The maximum Gasteiger partial charge on any atom is 0.306 e. The second kappa shape index (κ2) is 8.72. The highest BCUT2D eigenvalue weighted by Crippen LogP contribution is 2.24. The monoisotopic (exact) mass is 356 g/mol. The van der Waals surface area contributed by atoms with E-state index in [1.54, 1.807) is 31.2 Å². The van der Waals surface area contributed by atoms with Gasteiger partial charge in [0, 0.05) is 18.5 Å². The fourth-order valence-corrected chi connectivity index (χ4v) is 2.37. The summed E-state index contributed by atoms with van der Waals surface area (Å²) in [5, 5.41) is 19.2. The summed E-state index contributed by atoms with van der Waals surface area (Å²) in [4.78, 5) is 27.8. The molecule has 134 valence electrons. The van der Waals surface area contributed by atoms with Crippen molar-refractivity contribution >= 4 is 11.8 Å². The SMILES string of the molecule is CCOC(=O)CCC(=O)c1nc(Cc2ccccc2F)cc(C#N)c1O. The third-order valence-corrected chi connectivity index (χ3v) is 3.62. The van der Waals surface area contributed by atoms with Crippen LogP contribution in [0.5, 0.6) is 5.75 Å². The van der Waals surface area contributed by atoms with E-state index in [0.29, 0.717) is 5.56 Å². The molecule has 0 atom stereocenters. The molecule has 6 nitrogen and oxygen atoms in total. The van der Waals surface area contributed by atoms with Gasteiger partial charge in [0.25, 0.3) is 0 Å². The van der Waals surface area contributed by atoms with Gasteiger partial charge in [0.05, 0.1) is 18.6 Å². The number of carbonyl (C=O) groups is 2. The number of halogens is 1. The third kappa shape index (κ3) is 4.63. The van der Waals surface area contributed by atoms with Crippen LogP contribution in [0, 0.1) is 17.1 Å². The van der Waals surface area contributed by atoms with E-state index in [4.69, 9.17) is 10.00 Å². The Morgan fingerprint density at radius 3 is 2.69 bits per heavy atom. The molecular formula is C19H17FN2O4. The largest absolute Gasteiger partial charge is 0.504 e. The number of ether oxygens (including phenoxy) is 1. The van der Waals surface area contributed by atoms with Gasteiger partial charge in [-0.1, -0.05) is 18.2 Å². The maximum absolute atomic E-state index is 13.8. The van der Waals surface area contributed by atoms with Gasteiger partial charge in [0.1, 0.15) is 17.6 Å². The molecule has 0 spiro atoms. The lowest BCUT2D eigenvalue weighted by Gasteiger charge is -2.09. The third-order valence-electron chi connectivity index (χ3n) is 3.62. The van der Waals surface area contributed by atoms with Crippen LogP contribution in [-0.2, 0) is 16.0 Å². The van der Waals surface area contributed by atoms with Crippen LogP contribution in [0.25, 0.3) is 0 Å². The highest BCUT2D eigenvalue weighted by Gasteiger charge is 2.20. The fraction of sp³-hybridized carbons (Fsp3) is 0.263. The first kappa shape index (κ1) is 19.1. The molecule has 0 bridgehead atoms. The number of hydrogen-bond acceptors (Lipinski definition) is 6. The molecular weight excluding hydrogens is 339 g/mol. The van der Waals surface area contributed by atoms with Gasteiger partial charge in [-0.25, -0.2) is 9.37 Å². The number of Topliss-reactive ketones (excluding diaryl/α,β-unsaturated/α-hetero) is 1. The Balaban J connectivity index is 2.28. The second-order valence-corrected chi connectivity index (χ2v) is 5.47. The van der Waals surface area contributed by atoms with Gasteiger partial charge in [0.15, 0.2) is 11.5 Å². The number of pyridine rings is 1. The van der Waals surface area contributed by atoms with Crippen LogP contribution >= 0.6 is 0 Å². The zero-order valence-corrected chi connectivity index (χ0v) is 14.2. The fourth-order valence-electron chi connectivity index (χ4n) is 2.37. The molecule has 2 rings (SSSR count). The average Bonchev–Trinajstić information content (AvgIpc) is 2.63. The number of ketones is 1. The molecule has 0 aliphatic heterocycles. The summed E-state index contributed by atoms with van der Waals surface area (Å²) in [7, 11) is 0. The number of hydrogen-bond donors (Lipinski definition) is 1. The molecule has 0 aliphatic rings. The van der Waals surface area contributed by atoms with E-state index in [-0.39, 0.29) is 42.8 Å². The number of aromatic nitrogens is 1. The Hall–Kier alpha value is -3.27. The quantitative estimate of drug-likeness (QED) is 0.605.